The summed E-state index contributed by atoms with van der Waals surface area (Å²) >= 11 is 0. The van der Waals surface area contributed by atoms with Crippen molar-refractivity contribution in [1.29, 1.82) is 5.26 Å². The van der Waals surface area contributed by atoms with Gasteiger partial charge in [-0.15, -0.1) is 0 Å². The average Bonchev–Trinajstić information content (AvgIpc) is 3.20. The average molecular weight is 333 g/mol. The maximum Gasteiger partial charge on any atom is 0.252 e. The highest BCUT2D eigenvalue weighted by atomic mass is 19.3. The lowest BCUT2D eigenvalue weighted by atomic mass is 9.84. The first kappa shape index (κ1) is 15.3. The van der Waals surface area contributed by atoms with Gasteiger partial charge in [0, 0.05) is 24.4 Å². The molecule has 0 spiro atoms. The van der Waals surface area contributed by atoms with Gasteiger partial charge in [-0.25, -0.2) is 8.78 Å². The quantitative estimate of drug-likeness (QED) is 0.835. The number of likely N-dealkylation sites (tertiary alicyclic amines) is 1. The van der Waals surface area contributed by atoms with Crippen molar-refractivity contribution in [2.45, 2.75) is 50.7 Å². The van der Waals surface area contributed by atoms with Crippen LogP contribution in [0.4, 0.5) is 8.78 Å². The molecule has 7 heteroatoms. The zero-order valence-corrected chi connectivity index (χ0v) is 13.0. The van der Waals surface area contributed by atoms with Gasteiger partial charge in [0.2, 0.25) is 5.91 Å². The number of alkyl halides is 2. The van der Waals surface area contributed by atoms with E-state index in [0.717, 1.165) is 0 Å². The molecule has 2 atom stereocenters. The molecule has 0 N–H and O–H groups in total. The third kappa shape index (κ3) is 2.02. The Kier molecular flexibility index (Phi) is 3.44. The lowest BCUT2D eigenvalue weighted by molar-refractivity contribution is -0.153. The molecule has 24 heavy (non-hydrogen) atoms. The number of nitriles is 1. The summed E-state index contributed by atoms with van der Waals surface area (Å²) in [6.07, 6.45) is 2.45. The Morgan fingerprint density at radius 1 is 1.42 bits per heavy atom. The minimum atomic E-state index is -2.66. The smallest absolute Gasteiger partial charge is 0.252 e. The Hall–Kier alpha value is -2.23. The van der Waals surface area contributed by atoms with E-state index in [1.807, 2.05) is 6.07 Å². The van der Waals surface area contributed by atoms with Gasteiger partial charge < -0.3 is 9.64 Å². The van der Waals surface area contributed by atoms with Crippen molar-refractivity contribution >= 4 is 5.91 Å². The molecule has 2 fully saturated rings. The lowest BCUT2D eigenvalue weighted by Gasteiger charge is -2.34. The van der Waals surface area contributed by atoms with Crippen molar-refractivity contribution in [2.24, 2.45) is 5.41 Å². The number of fused-ring (bicyclic) bond motifs is 4. The van der Waals surface area contributed by atoms with E-state index in [1.54, 1.807) is 6.20 Å². The number of ether oxygens (including phenoxy) is 1. The molecule has 1 aromatic rings. The van der Waals surface area contributed by atoms with E-state index in [-0.39, 0.29) is 31.5 Å². The molecule has 0 aromatic carbocycles. The fraction of sp³-hybridized carbons (Fsp3) is 0.588. The second-order valence-corrected chi connectivity index (χ2v) is 6.83. The van der Waals surface area contributed by atoms with Crippen LogP contribution < -0.4 is 4.74 Å². The second kappa shape index (κ2) is 5.40. The van der Waals surface area contributed by atoms with E-state index in [0.29, 0.717) is 36.1 Å². The fourth-order valence-corrected chi connectivity index (χ4v) is 4.30. The van der Waals surface area contributed by atoms with Crippen molar-refractivity contribution in [3.05, 3.63) is 23.5 Å². The van der Waals surface area contributed by atoms with E-state index in [9.17, 15) is 18.8 Å². The van der Waals surface area contributed by atoms with Crippen LogP contribution in [-0.4, -0.2) is 34.9 Å². The van der Waals surface area contributed by atoms with E-state index in [2.05, 4.69) is 4.98 Å². The zero-order valence-electron chi connectivity index (χ0n) is 13.0. The Labute approximate surface area is 138 Å². The van der Waals surface area contributed by atoms with Crippen LogP contribution in [-0.2, 0) is 4.79 Å². The molecule has 3 heterocycles. The molecular formula is C17H17F2N3O2. The van der Waals surface area contributed by atoms with Crippen molar-refractivity contribution in [3.63, 3.8) is 0 Å². The SMILES string of the molecule is N#Cc1cncc2c1O[C@H]1C[C@@H]2N(C(=O)C2(C(F)F)CCCC2)C1. The first-order valence-corrected chi connectivity index (χ1v) is 8.20. The monoisotopic (exact) mass is 333 g/mol. The van der Waals surface area contributed by atoms with Gasteiger partial charge in [0.05, 0.1) is 12.6 Å². The number of hydrogen-bond donors (Lipinski definition) is 0. The van der Waals surface area contributed by atoms with Gasteiger partial charge in [-0.3, -0.25) is 9.78 Å². The molecule has 3 aliphatic rings. The van der Waals surface area contributed by atoms with Crippen LogP contribution in [0.2, 0.25) is 0 Å². The second-order valence-electron chi connectivity index (χ2n) is 6.83. The Balaban J connectivity index is 1.71. The number of amides is 1. The van der Waals surface area contributed by atoms with Crippen LogP contribution in [0.15, 0.2) is 12.4 Å². The molecule has 2 aliphatic heterocycles. The Bertz CT molecular complexity index is 725. The van der Waals surface area contributed by atoms with Crippen LogP contribution in [0, 0.1) is 16.7 Å². The van der Waals surface area contributed by atoms with Crippen LogP contribution >= 0.6 is 0 Å². The number of halogens is 2. The Morgan fingerprint density at radius 3 is 2.83 bits per heavy atom. The zero-order chi connectivity index (χ0) is 16.9. The van der Waals surface area contributed by atoms with Crippen LogP contribution in [0.25, 0.3) is 0 Å². The molecule has 0 radical (unpaired) electrons. The highest BCUT2D eigenvalue weighted by Gasteiger charge is 2.55. The number of carbonyl (C=O) groups is 1. The molecule has 1 aliphatic carbocycles. The van der Waals surface area contributed by atoms with Gasteiger partial charge in [0.25, 0.3) is 6.43 Å². The van der Waals surface area contributed by atoms with Crippen molar-refractivity contribution in [3.8, 4) is 11.8 Å². The Morgan fingerprint density at radius 2 is 2.17 bits per heavy atom. The van der Waals surface area contributed by atoms with E-state index in [1.165, 1.54) is 11.1 Å². The first-order valence-electron chi connectivity index (χ1n) is 8.20. The summed E-state index contributed by atoms with van der Waals surface area (Å²) < 4.78 is 33.3. The van der Waals surface area contributed by atoms with E-state index < -0.39 is 17.7 Å². The fourth-order valence-electron chi connectivity index (χ4n) is 4.30. The van der Waals surface area contributed by atoms with Crippen LogP contribution in [0.5, 0.6) is 5.75 Å². The van der Waals surface area contributed by atoms with Gasteiger partial charge >= 0.3 is 0 Å². The summed E-state index contributed by atoms with van der Waals surface area (Å²) in [7, 11) is 0. The summed E-state index contributed by atoms with van der Waals surface area (Å²) in [5.41, 5.74) is -0.586. The van der Waals surface area contributed by atoms with Crippen molar-refractivity contribution in [1.82, 2.24) is 9.88 Å². The minimum Gasteiger partial charge on any atom is -0.487 e. The lowest BCUT2D eigenvalue weighted by Crippen LogP contribution is -2.46. The van der Waals surface area contributed by atoms with Crippen molar-refractivity contribution < 1.29 is 18.3 Å². The summed E-state index contributed by atoms with van der Waals surface area (Å²) in [5.74, 6) is -0.0251. The molecule has 2 bridgehead atoms. The third-order valence-corrected chi connectivity index (χ3v) is 5.55. The van der Waals surface area contributed by atoms with Gasteiger partial charge in [-0.1, -0.05) is 12.8 Å². The number of carbonyl (C=O) groups excluding carboxylic acids is 1. The number of pyridine rings is 1. The molecule has 4 rings (SSSR count). The first-order chi connectivity index (χ1) is 11.6. The molecule has 5 nitrogen and oxygen atoms in total. The van der Waals surface area contributed by atoms with Crippen molar-refractivity contribution in [2.75, 3.05) is 6.54 Å². The summed E-state index contributed by atoms with van der Waals surface area (Å²) in [4.78, 5) is 18.6. The molecule has 1 saturated carbocycles. The normalized spacial score (nSPS) is 26.8. The molecular weight excluding hydrogens is 316 g/mol. The van der Waals surface area contributed by atoms with Crippen LogP contribution in [0.1, 0.15) is 49.3 Å². The van der Waals surface area contributed by atoms with Gasteiger partial charge in [0.1, 0.15) is 28.9 Å². The van der Waals surface area contributed by atoms with Gasteiger partial charge in [0.15, 0.2) is 0 Å². The molecule has 1 saturated heterocycles. The molecule has 0 unspecified atom stereocenters. The van der Waals surface area contributed by atoms with Gasteiger partial charge in [-0.05, 0) is 12.8 Å². The molecule has 126 valence electrons. The van der Waals surface area contributed by atoms with E-state index in [4.69, 9.17) is 4.74 Å². The number of nitrogens with zero attached hydrogens (tertiary/aromatic N) is 3. The predicted molar refractivity (Wildman–Crippen MR) is 79.3 cm³/mol. The number of rotatable bonds is 2. The summed E-state index contributed by atoms with van der Waals surface area (Å²) in [5, 5.41) is 9.20. The topological polar surface area (TPSA) is 66.2 Å². The highest BCUT2D eigenvalue weighted by Crippen LogP contribution is 2.50. The van der Waals surface area contributed by atoms with E-state index >= 15 is 0 Å². The predicted octanol–water partition coefficient (Wildman–Crippen LogP) is 2.81. The standard InChI is InChI=1S/C17H17F2N3O2/c18-15(19)17(3-1-2-4-17)16(23)22-9-11-5-13(22)12-8-21-7-10(6-20)14(12)24-11/h7-8,11,13,15H,1-5,9H2/t11-,13-/m0/s1. The number of hydrogen-bond acceptors (Lipinski definition) is 4. The number of aromatic nitrogens is 1. The molecule has 1 aromatic heterocycles. The largest absolute Gasteiger partial charge is 0.487 e. The summed E-state index contributed by atoms with van der Waals surface area (Å²) in [6.45, 7) is 0.289. The third-order valence-electron chi connectivity index (χ3n) is 5.55. The maximum absolute atomic E-state index is 13.7. The van der Waals surface area contributed by atoms with Crippen LogP contribution in [0.3, 0.4) is 0 Å². The van der Waals surface area contributed by atoms with Gasteiger partial charge in [-0.2, -0.15) is 5.26 Å². The highest BCUT2D eigenvalue weighted by molar-refractivity contribution is 5.84. The summed E-state index contributed by atoms with van der Waals surface area (Å²) in [6, 6.07) is 1.71. The maximum atomic E-state index is 13.7. The molecule has 1 amide bonds. The minimum absolute atomic E-state index is 0.238.